The highest BCUT2D eigenvalue weighted by Gasteiger charge is 2.15. The molecular formula is C23H21FN2O4. The molecule has 0 atom stereocenters. The first kappa shape index (κ1) is 21.0. The third-order valence-corrected chi connectivity index (χ3v) is 4.45. The summed E-state index contributed by atoms with van der Waals surface area (Å²) in [6, 6.07) is 17.1. The predicted octanol–water partition coefficient (Wildman–Crippen LogP) is 3.51. The molecular weight excluding hydrogens is 387 g/mol. The summed E-state index contributed by atoms with van der Waals surface area (Å²) in [5, 5.41) is 14.5. The maximum atomic E-state index is 13.8. The van der Waals surface area contributed by atoms with Crippen LogP contribution in [0.1, 0.15) is 31.8 Å². The summed E-state index contributed by atoms with van der Waals surface area (Å²) in [4.78, 5) is 25.2. The van der Waals surface area contributed by atoms with Crippen molar-refractivity contribution in [2.75, 3.05) is 12.4 Å². The predicted molar refractivity (Wildman–Crippen MR) is 111 cm³/mol. The summed E-state index contributed by atoms with van der Waals surface area (Å²) >= 11 is 0. The van der Waals surface area contributed by atoms with Gasteiger partial charge < -0.3 is 20.5 Å². The lowest BCUT2D eigenvalue weighted by Gasteiger charge is -2.12. The zero-order chi connectivity index (χ0) is 21.5. The van der Waals surface area contributed by atoms with E-state index in [2.05, 4.69) is 10.6 Å². The van der Waals surface area contributed by atoms with E-state index in [0.29, 0.717) is 11.3 Å². The molecule has 0 aromatic heterocycles. The number of benzene rings is 3. The fourth-order valence-corrected chi connectivity index (χ4v) is 2.87. The van der Waals surface area contributed by atoms with Crippen LogP contribution >= 0.6 is 0 Å². The lowest BCUT2D eigenvalue weighted by atomic mass is 10.1. The van der Waals surface area contributed by atoms with Crippen molar-refractivity contribution in [1.29, 1.82) is 0 Å². The van der Waals surface area contributed by atoms with Crippen molar-refractivity contribution in [1.82, 2.24) is 5.32 Å². The summed E-state index contributed by atoms with van der Waals surface area (Å²) in [5.41, 5.74) is 2.08. The van der Waals surface area contributed by atoms with E-state index in [1.807, 2.05) is 6.07 Å². The molecule has 0 fully saturated rings. The molecule has 0 saturated carbocycles. The van der Waals surface area contributed by atoms with Crippen LogP contribution in [0, 0.1) is 5.82 Å². The van der Waals surface area contributed by atoms with Crippen molar-refractivity contribution in [3.05, 3.63) is 94.8 Å². The maximum Gasteiger partial charge on any atom is 0.255 e. The van der Waals surface area contributed by atoms with Crippen LogP contribution in [0.15, 0.2) is 66.7 Å². The van der Waals surface area contributed by atoms with Crippen molar-refractivity contribution in [2.24, 2.45) is 0 Å². The summed E-state index contributed by atoms with van der Waals surface area (Å²) in [6.45, 7) is 0.122. The van der Waals surface area contributed by atoms with Gasteiger partial charge in [0.15, 0.2) is 0 Å². The standard InChI is InChI=1S/C23H21FN2O4/c1-30-19-8-5-17(6-9-19)22(28)26-21-12-18(24)7-10-20(21)23(29)25-13-15-3-2-4-16(11-15)14-27/h2-12,27H,13-14H2,1H3,(H,25,29)(H,26,28). The van der Waals surface area contributed by atoms with E-state index in [9.17, 15) is 19.1 Å². The van der Waals surface area contributed by atoms with Gasteiger partial charge >= 0.3 is 0 Å². The fraction of sp³-hybridized carbons (Fsp3) is 0.130. The molecule has 3 N–H and O–H groups in total. The van der Waals surface area contributed by atoms with Crippen LogP contribution in [0.2, 0.25) is 0 Å². The van der Waals surface area contributed by atoms with Crippen molar-refractivity contribution >= 4 is 17.5 Å². The molecule has 0 radical (unpaired) electrons. The number of carbonyl (C=O) groups excluding carboxylic acids is 2. The Bertz CT molecular complexity index is 1050. The fourth-order valence-electron chi connectivity index (χ4n) is 2.87. The van der Waals surface area contributed by atoms with Gasteiger partial charge in [0.05, 0.1) is 25.0 Å². The summed E-state index contributed by atoms with van der Waals surface area (Å²) in [7, 11) is 1.52. The number of hydrogen-bond donors (Lipinski definition) is 3. The summed E-state index contributed by atoms with van der Waals surface area (Å²) in [5.74, 6) is -0.919. The largest absolute Gasteiger partial charge is 0.497 e. The minimum absolute atomic E-state index is 0.0671. The molecule has 30 heavy (non-hydrogen) atoms. The first-order chi connectivity index (χ1) is 14.5. The van der Waals surface area contributed by atoms with E-state index in [-0.39, 0.29) is 24.4 Å². The molecule has 0 aliphatic heterocycles. The Labute approximate surface area is 173 Å². The number of methoxy groups -OCH3 is 1. The zero-order valence-corrected chi connectivity index (χ0v) is 16.3. The number of ether oxygens (including phenoxy) is 1. The van der Waals surface area contributed by atoms with Gasteiger partial charge in [-0.05, 0) is 53.6 Å². The molecule has 0 bridgehead atoms. The Morgan fingerprint density at radius 3 is 2.40 bits per heavy atom. The summed E-state index contributed by atoms with van der Waals surface area (Å²) < 4.78 is 18.8. The molecule has 7 heteroatoms. The first-order valence-electron chi connectivity index (χ1n) is 9.22. The van der Waals surface area contributed by atoms with E-state index in [0.717, 1.165) is 23.3 Å². The highest BCUT2D eigenvalue weighted by Crippen LogP contribution is 2.20. The third kappa shape index (κ3) is 5.21. The smallest absolute Gasteiger partial charge is 0.255 e. The lowest BCUT2D eigenvalue weighted by molar-refractivity contribution is 0.0951. The molecule has 0 spiro atoms. The van der Waals surface area contributed by atoms with Gasteiger partial charge in [-0.3, -0.25) is 9.59 Å². The maximum absolute atomic E-state index is 13.8. The number of hydrogen-bond acceptors (Lipinski definition) is 4. The molecule has 0 unspecified atom stereocenters. The average Bonchev–Trinajstić information content (AvgIpc) is 2.77. The molecule has 3 aromatic rings. The minimum Gasteiger partial charge on any atom is -0.497 e. The van der Waals surface area contributed by atoms with Crippen LogP contribution in [0.4, 0.5) is 10.1 Å². The number of aliphatic hydroxyl groups excluding tert-OH is 1. The van der Waals surface area contributed by atoms with Gasteiger partial charge in [-0.1, -0.05) is 24.3 Å². The molecule has 3 rings (SSSR count). The molecule has 2 amide bonds. The monoisotopic (exact) mass is 408 g/mol. The number of amides is 2. The number of aliphatic hydroxyl groups is 1. The SMILES string of the molecule is COc1ccc(C(=O)Nc2cc(F)ccc2C(=O)NCc2cccc(CO)c2)cc1. The molecule has 6 nitrogen and oxygen atoms in total. The van der Waals surface area contributed by atoms with Crippen LogP contribution in [0.25, 0.3) is 0 Å². The van der Waals surface area contributed by atoms with Gasteiger partial charge in [0.25, 0.3) is 11.8 Å². The topological polar surface area (TPSA) is 87.7 Å². The molecule has 0 aliphatic carbocycles. The van der Waals surface area contributed by atoms with Crippen LogP contribution in [-0.2, 0) is 13.2 Å². The van der Waals surface area contributed by atoms with Gasteiger partial charge in [-0.15, -0.1) is 0 Å². The quantitative estimate of drug-likeness (QED) is 0.558. The zero-order valence-electron chi connectivity index (χ0n) is 16.3. The second-order valence-corrected chi connectivity index (χ2v) is 6.53. The number of anilines is 1. The average molecular weight is 408 g/mol. The highest BCUT2D eigenvalue weighted by molar-refractivity contribution is 6.09. The first-order valence-corrected chi connectivity index (χ1v) is 9.22. The Hall–Kier alpha value is -3.71. The number of rotatable bonds is 7. The third-order valence-electron chi connectivity index (χ3n) is 4.45. The summed E-state index contributed by atoms with van der Waals surface area (Å²) in [6.07, 6.45) is 0. The number of halogens is 1. The van der Waals surface area contributed by atoms with Gasteiger partial charge in [-0.2, -0.15) is 0 Å². The van der Waals surface area contributed by atoms with Crippen LogP contribution in [-0.4, -0.2) is 24.0 Å². The van der Waals surface area contributed by atoms with Crippen LogP contribution in [0.5, 0.6) is 5.75 Å². The van der Waals surface area contributed by atoms with Gasteiger partial charge in [0, 0.05) is 12.1 Å². The van der Waals surface area contributed by atoms with E-state index >= 15 is 0 Å². The molecule has 0 saturated heterocycles. The highest BCUT2D eigenvalue weighted by atomic mass is 19.1. The van der Waals surface area contributed by atoms with Crippen molar-refractivity contribution < 1.29 is 23.8 Å². The van der Waals surface area contributed by atoms with Gasteiger partial charge in [0.1, 0.15) is 11.6 Å². The molecule has 3 aromatic carbocycles. The van der Waals surface area contributed by atoms with E-state index in [1.165, 1.54) is 13.2 Å². The Morgan fingerprint density at radius 2 is 1.70 bits per heavy atom. The van der Waals surface area contributed by atoms with Crippen molar-refractivity contribution in [2.45, 2.75) is 13.2 Å². The number of nitrogens with one attached hydrogen (secondary N) is 2. The van der Waals surface area contributed by atoms with Crippen molar-refractivity contribution in [3.63, 3.8) is 0 Å². The molecule has 0 aliphatic rings. The van der Waals surface area contributed by atoms with Gasteiger partial charge in [-0.25, -0.2) is 4.39 Å². The van der Waals surface area contributed by atoms with Gasteiger partial charge in [0.2, 0.25) is 0 Å². The Balaban J connectivity index is 1.74. The van der Waals surface area contributed by atoms with Crippen molar-refractivity contribution in [3.8, 4) is 5.75 Å². The van der Waals surface area contributed by atoms with Crippen LogP contribution in [0.3, 0.4) is 0 Å². The molecule has 0 heterocycles. The lowest BCUT2D eigenvalue weighted by Crippen LogP contribution is -2.25. The molecule has 154 valence electrons. The number of carbonyl (C=O) groups is 2. The van der Waals surface area contributed by atoms with E-state index < -0.39 is 17.6 Å². The second kappa shape index (κ2) is 9.67. The Kier molecular flexibility index (Phi) is 6.77. The van der Waals surface area contributed by atoms with Crippen LogP contribution < -0.4 is 15.4 Å². The normalized spacial score (nSPS) is 10.4. The Morgan fingerprint density at radius 1 is 0.967 bits per heavy atom. The minimum atomic E-state index is -0.577. The van der Waals surface area contributed by atoms with E-state index in [4.69, 9.17) is 4.74 Å². The second-order valence-electron chi connectivity index (χ2n) is 6.53. The van der Waals surface area contributed by atoms with E-state index in [1.54, 1.807) is 42.5 Å².